The van der Waals surface area contributed by atoms with E-state index in [0.29, 0.717) is 18.8 Å². The van der Waals surface area contributed by atoms with Crippen molar-refractivity contribution in [1.82, 2.24) is 10.3 Å². The summed E-state index contributed by atoms with van der Waals surface area (Å²) in [4.78, 5) is 19.9. The molecule has 1 atom stereocenters. The van der Waals surface area contributed by atoms with E-state index in [1.165, 1.54) is 0 Å². The molecule has 1 aliphatic rings. The molecule has 0 aliphatic carbocycles. The molecule has 1 aromatic heterocycles. The number of nitrogens with zero attached hydrogens (tertiary/aromatic N) is 2. The molecular formula is C20H27N3O2. The molecule has 1 saturated heterocycles. The number of fused-ring (bicyclic) bond motifs is 1. The third-order valence-electron chi connectivity index (χ3n) is 4.93. The average Bonchev–Trinajstić information content (AvgIpc) is 2.60. The maximum Gasteiger partial charge on any atom is 0.252 e. The van der Waals surface area contributed by atoms with E-state index in [2.05, 4.69) is 31.0 Å². The van der Waals surface area contributed by atoms with Crippen molar-refractivity contribution in [2.45, 2.75) is 33.7 Å². The van der Waals surface area contributed by atoms with Crippen LogP contribution in [-0.4, -0.2) is 43.2 Å². The number of morpholine rings is 1. The Morgan fingerprint density at radius 1 is 1.24 bits per heavy atom. The fraction of sp³-hybridized carbons (Fsp3) is 0.500. The minimum Gasteiger partial charge on any atom is -0.378 e. The number of ether oxygens (including phenoxy) is 1. The SMILES string of the molecule is CC(NC(=O)c1cc(N2CCOCC2)nc2ccccc12)C(C)(C)C. The van der Waals surface area contributed by atoms with Crippen LogP contribution in [0.2, 0.25) is 0 Å². The Morgan fingerprint density at radius 2 is 1.92 bits per heavy atom. The summed E-state index contributed by atoms with van der Waals surface area (Å²) in [5.41, 5.74) is 1.54. The van der Waals surface area contributed by atoms with Crippen molar-refractivity contribution < 1.29 is 9.53 Å². The van der Waals surface area contributed by atoms with Crippen molar-refractivity contribution in [2.24, 2.45) is 5.41 Å². The molecule has 1 unspecified atom stereocenters. The fourth-order valence-corrected chi connectivity index (χ4v) is 2.79. The summed E-state index contributed by atoms with van der Waals surface area (Å²) >= 11 is 0. The Balaban J connectivity index is 1.98. The smallest absolute Gasteiger partial charge is 0.252 e. The summed E-state index contributed by atoms with van der Waals surface area (Å²) in [6, 6.07) is 9.81. The van der Waals surface area contributed by atoms with Gasteiger partial charge in [-0.1, -0.05) is 39.0 Å². The third-order valence-corrected chi connectivity index (χ3v) is 4.93. The minimum atomic E-state index is -0.0458. The van der Waals surface area contributed by atoms with Crippen LogP contribution in [-0.2, 0) is 4.74 Å². The first kappa shape index (κ1) is 17.7. The number of nitrogens with one attached hydrogen (secondary N) is 1. The summed E-state index contributed by atoms with van der Waals surface area (Å²) in [6.45, 7) is 11.4. The molecule has 2 aromatic rings. The molecular weight excluding hydrogens is 314 g/mol. The van der Waals surface area contributed by atoms with E-state index in [1.54, 1.807) is 0 Å². The highest BCUT2D eigenvalue weighted by molar-refractivity contribution is 6.07. The Labute approximate surface area is 149 Å². The van der Waals surface area contributed by atoms with E-state index in [4.69, 9.17) is 9.72 Å². The van der Waals surface area contributed by atoms with Crippen LogP contribution in [0.3, 0.4) is 0 Å². The van der Waals surface area contributed by atoms with Crippen LogP contribution < -0.4 is 10.2 Å². The summed E-state index contributed by atoms with van der Waals surface area (Å²) in [5.74, 6) is 0.797. The first-order valence-corrected chi connectivity index (χ1v) is 8.89. The standard InChI is InChI=1S/C20H27N3O2/c1-14(20(2,3)4)21-19(24)16-13-18(23-9-11-25-12-10-23)22-17-8-6-5-7-15(16)17/h5-8,13-14H,9-12H2,1-4H3,(H,21,24). The number of hydrogen-bond donors (Lipinski definition) is 1. The molecule has 1 N–H and O–H groups in total. The van der Waals surface area contributed by atoms with Crippen LogP contribution in [0.25, 0.3) is 10.9 Å². The topological polar surface area (TPSA) is 54.5 Å². The van der Waals surface area contributed by atoms with E-state index in [0.717, 1.165) is 29.8 Å². The van der Waals surface area contributed by atoms with Crippen molar-refractivity contribution in [3.63, 3.8) is 0 Å². The monoisotopic (exact) mass is 341 g/mol. The van der Waals surface area contributed by atoms with Gasteiger partial charge in [-0.25, -0.2) is 4.98 Å². The van der Waals surface area contributed by atoms with E-state index < -0.39 is 0 Å². The van der Waals surface area contributed by atoms with Gasteiger partial charge in [-0.3, -0.25) is 4.79 Å². The molecule has 25 heavy (non-hydrogen) atoms. The number of carbonyl (C=O) groups excluding carboxylic acids is 1. The number of pyridine rings is 1. The number of benzene rings is 1. The second kappa shape index (κ2) is 7.00. The van der Waals surface area contributed by atoms with E-state index in [1.807, 2.05) is 37.3 Å². The number of hydrogen-bond acceptors (Lipinski definition) is 4. The first-order valence-electron chi connectivity index (χ1n) is 8.89. The zero-order chi connectivity index (χ0) is 18.0. The number of aromatic nitrogens is 1. The lowest BCUT2D eigenvalue weighted by Crippen LogP contribution is -2.41. The van der Waals surface area contributed by atoms with Gasteiger partial charge in [0.15, 0.2) is 0 Å². The molecule has 0 radical (unpaired) electrons. The Morgan fingerprint density at radius 3 is 2.60 bits per heavy atom. The molecule has 5 heteroatoms. The van der Waals surface area contributed by atoms with Gasteiger partial charge in [0.25, 0.3) is 5.91 Å². The average molecular weight is 341 g/mol. The van der Waals surface area contributed by atoms with E-state index >= 15 is 0 Å². The summed E-state index contributed by atoms with van der Waals surface area (Å²) in [6.07, 6.45) is 0. The Bertz CT molecular complexity index is 761. The van der Waals surface area contributed by atoms with Crippen LogP contribution in [0, 0.1) is 5.41 Å². The molecule has 1 amide bonds. The second-order valence-electron chi connectivity index (χ2n) is 7.71. The highest BCUT2D eigenvalue weighted by Crippen LogP contribution is 2.25. The summed E-state index contributed by atoms with van der Waals surface area (Å²) < 4.78 is 5.43. The summed E-state index contributed by atoms with van der Waals surface area (Å²) in [7, 11) is 0. The molecule has 3 rings (SSSR count). The second-order valence-corrected chi connectivity index (χ2v) is 7.71. The predicted molar refractivity (Wildman–Crippen MR) is 101 cm³/mol. The molecule has 0 bridgehead atoms. The van der Waals surface area contributed by atoms with Gasteiger partial charge in [0, 0.05) is 24.5 Å². The van der Waals surface area contributed by atoms with Gasteiger partial charge in [-0.05, 0) is 24.5 Å². The molecule has 1 aromatic carbocycles. The van der Waals surface area contributed by atoms with Gasteiger partial charge >= 0.3 is 0 Å². The van der Waals surface area contributed by atoms with Gasteiger partial charge < -0.3 is 15.0 Å². The Hall–Kier alpha value is -2.14. The normalized spacial score (nSPS) is 16.7. The zero-order valence-corrected chi connectivity index (χ0v) is 15.5. The van der Waals surface area contributed by atoms with Crippen molar-refractivity contribution in [1.29, 1.82) is 0 Å². The van der Waals surface area contributed by atoms with Crippen LogP contribution in [0.4, 0.5) is 5.82 Å². The first-order chi connectivity index (χ1) is 11.9. The van der Waals surface area contributed by atoms with Crippen LogP contribution in [0.1, 0.15) is 38.1 Å². The third kappa shape index (κ3) is 3.93. The largest absolute Gasteiger partial charge is 0.378 e. The Kier molecular flexibility index (Phi) is 4.95. The number of carbonyl (C=O) groups is 1. The molecule has 5 nitrogen and oxygen atoms in total. The molecule has 2 heterocycles. The maximum atomic E-state index is 13.0. The minimum absolute atomic E-state index is 0.00549. The van der Waals surface area contributed by atoms with Crippen molar-refractivity contribution in [3.05, 3.63) is 35.9 Å². The molecule has 1 fully saturated rings. The lowest BCUT2D eigenvalue weighted by Gasteiger charge is -2.30. The van der Waals surface area contributed by atoms with Gasteiger partial charge in [0.05, 0.1) is 24.3 Å². The van der Waals surface area contributed by atoms with Crippen LogP contribution in [0.15, 0.2) is 30.3 Å². The lowest BCUT2D eigenvalue weighted by molar-refractivity contribution is 0.0911. The fourth-order valence-electron chi connectivity index (χ4n) is 2.79. The van der Waals surface area contributed by atoms with Gasteiger partial charge in [0.1, 0.15) is 5.82 Å². The highest BCUT2D eigenvalue weighted by atomic mass is 16.5. The van der Waals surface area contributed by atoms with Crippen molar-refractivity contribution in [2.75, 3.05) is 31.2 Å². The maximum absolute atomic E-state index is 13.0. The summed E-state index contributed by atoms with van der Waals surface area (Å²) in [5, 5.41) is 4.04. The van der Waals surface area contributed by atoms with Crippen molar-refractivity contribution in [3.8, 4) is 0 Å². The molecule has 0 spiro atoms. The molecule has 134 valence electrons. The molecule has 1 aliphatic heterocycles. The van der Waals surface area contributed by atoms with E-state index in [-0.39, 0.29) is 17.4 Å². The number of anilines is 1. The number of rotatable bonds is 3. The number of amides is 1. The van der Waals surface area contributed by atoms with Gasteiger partial charge in [-0.2, -0.15) is 0 Å². The van der Waals surface area contributed by atoms with Gasteiger partial charge in [-0.15, -0.1) is 0 Å². The highest BCUT2D eigenvalue weighted by Gasteiger charge is 2.24. The van der Waals surface area contributed by atoms with Gasteiger partial charge in [0.2, 0.25) is 0 Å². The lowest BCUT2D eigenvalue weighted by atomic mass is 9.88. The van der Waals surface area contributed by atoms with Crippen LogP contribution >= 0.6 is 0 Å². The quantitative estimate of drug-likeness (QED) is 0.931. The molecule has 0 saturated carbocycles. The van der Waals surface area contributed by atoms with Crippen molar-refractivity contribution >= 4 is 22.6 Å². The zero-order valence-electron chi connectivity index (χ0n) is 15.5. The number of para-hydroxylation sites is 1. The van der Waals surface area contributed by atoms with E-state index in [9.17, 15) is 4.79 Å². The predicted octanol–water partition coefficient (Wildman–Crippen LogP) is 3.24. The van der Waals surface area contributed by atoms with Crippen LogP contribution in [0.5, 0.6) is 0 Å².